The summed E-state index contributed by atoms with van der Waals surface area (Å²) in [5.74, 6) is 0.149. The maximum Gasteiger partial charge on any atom is 0.220 e. The lowest BCUT2D eigenvalue weighted by molar-refractivity contribution is -0.121. The second-order valence-corrected chi connectivity index (χ2v) is 4.16. The molecule has 0 radical (unpaired) electrons. The third-order valence-corrected chi connectivity index (χ3v) is 2.50. The predicted octanol–water partition coefficient (Wildman–Crippen LogP) is 2.20. The van der Waals surface area contributed by atoms with Crippen LogP contribution in [0.3, 0.4) is 0 Å². The van der Waals surface area contributed by atoms with Crippen LogP contribution in [0.4, 0.5) is 0 Å². The smallest absolute Gasteiger partial charge is 0.220 e. The number of carbonyl (C=O) groups excluding carboxylic acids is 1. The van der Waals surface area contributed by atoms with Crippen molar-refractivity contribution in [2.75, 3.05) is 6.54 Å². The Morgan fingerprint density at radius 2 is 1.87 bits per heavy atom. The second-order valence-electron chi connectivity index (χ2n) is 4.16. The molecule has 0 aliphatic carbocycles. The van der Waals surface area contributed by atoms with Crippen LogP contribution in [0.15, 0.2) is 0 Å². The summed E-state index contributed by atoms with van der Waals surface area (Å²) in [5.41, 5.74) is 5.85. The first-order valence-corrected chi connectivity index (χ1v) is 6.23. The molecule has 0 fully saturated rings. The summed E-state index contributed by atoms with van der Waals surface area (Å²) in [6.07, 6.45) is 7.25. The Morgan fingerprint density at radius 3 is 2.47 bits per heavy atom. The number of hydrogen-bond donors (Lipinski definition) is 2. The van der Waals surface area contributed by atoms with Crippen molar-refractivity contribution in [3.05, 3.63) is 0 Å². The largest absolute Gasteiger partial charge is 0.355 e. The Morgan fingerprint density at radius 1 is 1.20 bits per heavy atom. The molecule has 0 aliphatic heterocycles. The van der Waals surface area contributed by atoms with Crippen molar-refractivity contribution in [3.63, 3.8) is 0 Å². The van der Waals surface area contributed by atoms with Crippen molar-refractivity contribution < 1.29 is 4.79 Å². The molecule has 0 bridgehead atoms. The van der Waals surface area contributed by atoms with E-state index in [0.717, 1.165) is 38.5 Å². The molecule has 1 unspecified atom stereocenters. The first-order chi connectivity index (χ1) is 7.20. The van der Waals surface area contributed by atoms with Gasteiger partial charge in [0.25, 0.3) is 0 Å². The zero-order chi connectivity index (χ0) is 11.5. The highest BCUT2D eigenvalue weighted by Gasteiger charge is 2.04. The minimum absolute atomic E-state index is 0.125. The minimum atomic E-state index is 0.125. The number of amides is 1. The van der Waals surface area contributed by atoms with Gasteiger partial charge in [-0.1, -0.05) is 39.5 Å². The van der Waals surface area contributed by atoms with Crippen LogP contribution in [0.25, 0.3) is 0 Å². The normalized spacial score (nSPS) is 12.5. The third kappa shape index (κ3) is 9.73. The molecule has 3 N–H and O–H groups in total. The van der Waals surface area contributed by atoms with E-state index in [2.05, 4.69) is 19.2 Å². The maximum absolute atomic E-state index is 11.3. The van der Waals surface area contributed by atoms with Gasteiger partial charge in [-0.25, -0.2) is 0 Å². The minimum Gasteiger partial charge on any atom is -0.355 e. The van der Waals surface area contributed by atoms with Gasteiger partial charge in [-0.3, -0.25) is 4.79 Å². The van der Waals surface area contributed by atoms with Gasteiger partial charge < -0.3 is 11.1 Å². The molecule has 0 heterocycles. The summed E-state index contributed by atoms with van der Waals surface area (Å²) in [5, 5.41) is 2.89. The Labute approximate surface area is 93.8 Å². The molecule has 1 amide bonds. The van der Waals surface area contributed by atoms with E-state index in [9.17, 15) is 4.79 Å². The maximum atomic E-state index is 11.3. The molecule has 0 spiro atoms. The lowest BCUT2D eigenvalue weighted by Crippen LogP contribution is -2.37. The topological polar surface area (TPSA) is 55.1 Å². The molecule has 0 saturated heterocycles. The molecule has 0 aromatic rings. The fourth-order valence-electron chi connectivity index (χ4n) is 1.44. The van der Waals surface area contributed by atoms with Crippen LogP contribution in [0.1, 0.15) is 58.8 Å². The molecule has 0 aromatic heterocycles. The summed E-state index contributed by atoms with van der Waals surface area (Å²) in [6, 6.07) is 0.125. The zero-order valence-corrected chi connectivity index (χ0v) is 10.2. The molecular weight excluding hydrogens is 188 g/mol. The number of nitrogens with one attached hydrogen (secondary N) is 1. The highest BCUT2D eigenvalue weighted by molar-refractivity contribution is 5.75. The van der Waals surface area contributed by atoms with E-state index in [0.29, 0.717) is 13.0 Å². The number of carbonyl (C=O) groups is 1. The average Bonchev–Trinajstić information content (AvgIpc) is 2.24. The monoisotopic (exact) mass is 214 g/mol. The van der Waals surface area contributed by atoms with Crippen LogP contribution < -0.4 is 11.1 Å². The van der Waals surface area contributed by atoms with E-state index < -0.39 is 0 Å². The highest BCUT2D eigenvalue weighted by atomic mass is 16.1. The fraction of sp³-hybridized carbons (Fsp3) is 0.917. The lowest BCUT2D eigenvalue weighted by Gasteiger charge is -2.11. The molecule has 0 rings (SSSR count). The van der Waals surface area contributed by atoms with E-state index in [1.807, 2.05) is 0 Å². The van der Waals surface area contributed by atoms with Crippen molar-refractivity contribution in [1.29, 1.82) is 0 Å². The zero-order valence-electron chi connectivity index (χ0n) is 10.2. The Balaban J connectivity index is 3.36. The lowest BCUT2D eigenvalue weighted by atomic mass is 10.1. The van der Waals surface area contributed by atoms with Gasteiger partial charge in [-0.15, -0.1) is 0 Å². The van der Waals surface area contributed by atoms with Crippen molar-refractivity contribution >= 4 is 5.91 Å². The first kappa shape index (κ1) is 14.4. The van der Waals surface area contributed by atoms with E-state index in [-0.39, 0.29) is 11.9 Å². The fourth-order valence-corrected chi connectivity index (χ4v) is 1.44. The van der Waals surface area contributed by atoms with Crippen molar-refractivity contribution in [2.24, 2.45) is 5.73 Å². The highest BCUT2D eigenvalue weighted by Crippen LogP contribution is 1.99. The number of hydrogen-bond acceptors (Lipinski definition) is 2. The summed E-state index contributed by atoms with van der Waals surface area (Å²) >= 11 is 0. The van der Waals surface area contributed by atoms with Crippen molar-refractivity contribution in [3.8, 4) is 0 Å². The van der Waals surface area contributed by atoms with Crippen LogP contribution >= 0.6 is 0 Å². The molecule has 0 aromatic carbocycles. The molecule has 3 heteroatoms. The number of unbranched alkanes of at least 4 members (excludes halogenated alkanes) is 3. The quantitative estimate of drug-likeness (QED) is 0.578. The van der Waals surface area contributed by atoms with E-state index in [1.165, 1.54) is 0 Å². The first-order valence-electron chi connectivity index (χ1n) is 6.23. The Kier molecular flexibility index (Phi) is 9.59. The van der Waals surface area contributed by atoms with Gasteiger partial charge in [0.1, 0.15) is 0 Å². The van der Waals surface area contributed by atoms with Crippen LogP contribution in [0, 0.1) is 0 Å². The number of rotatable bonds is 9. The van der Waals surface area contributed by atoms with E-state index in [4.69, 9.17) is 5.73 Å². The SMILES string of the molecule is CCCCCC(=O)NCC(N)CCCC. The van der Waals surface area contributed by atoms with Gasteiger partial charge in [-0.05, 0) is 12.8 Å². The average molecular weight is 214 g/mol. The van der Waals surface area contributed by atoms with Gasteiger partial charge in [-0.2, -0.15) is 0 Å². The van der Waals surface area contributed by atoms with Crippen LogP contribution in [-0.2, 0) is 4.79 Å². The van der Waals surface area contributed by atoms with Crippen molar-refractivity contribution in [2.45, 2.75) is 64.8 Å². The second kappa shape index (κ2) is 9.97. The van der Waals surface area contributed by atoms with Crippen LogP contribution in [-0.4, -0.2) is 18.5 Å². The third-order valence-electron chi connectivity index (χ3n) is 2.50. The molecular formula is C12H26N2O. The summed E-state index contributed by atoms with van der Waals surface area (Å²) < 4.78 is 0. The molecule has 1 atom stereocenters. The van der Waals surface area contributed by atoms with Gasteiger partial charge >= 0.3 is 0 Å². The molecule has 0 aliphatic rings. The summed E-state index contributed by atoms with van der Waals surface area (Å²) in [6.45, 7) is 4.92. The van der Waals surface area contributed by atoms with Crippen LogP contribution in [0.5, 0.6) is 0 Å². The summed E-state index contributed by atoms with van der Waals surface area (Å²) in [4.78, 5) is 11.3. The van der Waals surface area contributed by atoms with Crippen molar-refractivity contribution in [1.82, 2.24) is 5.32 Å². The van der Waals surface area contributed by atoms with Crippen LogP contribution in [0.2, 0.25) is 0 Å². The molecule has 3 nitrogen and oxygen atoms in total. The summed E-state index contributed by atoms with van der Waals surface area (Å²) in [7, 11) is 0. The van der Waals surface area contributed by atoms with Gasteiger partial charge in [0.05, 0.1) is 0 Å². The standard InChI is InChI=1S/C12H26N2O/c1-3-5-7-9-12(15)14-10-11(13)8-6-4-2/h11H,3-10,13H2,1-2H3,(H,14,15). The van der Waals surface area contributed by atoms with Gasteiger partial charge in [0, 0.05) is 19.0 Å². The Hall–Kier alpha value is -0.570. The van der Waals surface area contributed by atoms with Gasteiger partial charge in [0.15, 0.2) is 0 Å². The molecule has 90 valence electrons. The van der Waals surface area contributed by atoms with E-state index >= 15 is 0 Å². The van der Waals surface area contributed by atoms with E-state index in [1.54, 1.807) is 0 Å². The van der Waals surface area contributed by atoms with Gasteiger partial charge in [0.2, 0.25) is 5.91 Å². The molecule has 0 saturated carbocycles. The Bertz CT molecular complexity index is 160. The predicted molar refractivity (Wildman–Crippen MR) is 64.7 cm³/mol. The number of nitrogens with two attached hydrogens (primary N) is 1. The molecule has 15 heavy (non-hydrogen) atoms.